The molecule has 0 radical (unpaired) electrons. The van der Waals surface area contributed by atoms with Crippen molar-refractivity contribution < 1.29 is 4.74 Å². The second-order valence-electron chi connectivity index (χ2n) is 4.40. The van der Waals surface area contributed by atoms with Crippen LogP contribution in [0, 0.1) is 11.8 Å². The first-order valence-electron chi connectivity index (χ1n) is 5.41. The van der Waals surface area contributed by atoms with E-state index in [-0.39, 0.29) is 0 Å². The van der Waals surface area contributed by atoms with Crippen LogP contribution in [0.5, 0.6) is 0 Å². The summed E-state index contributed by atoms with van der Waals surface area (Å²) in [5, 5.41) is 0. The highest BCUT2D eigenvalue weighted by Crippen LogP contribution is 2.26. The quantitative estimate of drug-likeness (QED) is 0.664. The molecule has 1 saturated heterocycles. The van der Waals surface area contributed by atoms with Gasteiger partial charge in [-0.15, -0.1) is 0 Å². The zero-order valence-electron chi connectivity index (χ0n) is 9.25. The number of piperidine rings is 1. The van der Waals surface area contributed by atoms with Crippen LogP contribution < -0.4 is 0 Å². The fourth-order valence-electron chi connectivity index (χ4n) is 2.14. The first-order valence-corrected chi connectivity index (χ1v) is 5.41. The largest absolute Gasteiger partial charge is 0.385 e. The Balaban J connectivity index is 2.19. The van der Waals surface area contributed by atoms with Gasteiger partial charge in [-0.25, -0.2) is 0 Å². The molecule has 0 spiro atoms. The van der Waals surface area contributed by atoms with Crippen LogP contribution in [0.1, 0.15) is 26.2 Å². The minimum atomic E-state index is 0.841. The highest BCUT2D eigenvalue weighted by atomic mass is 16.5. The average molecular weight is 185 g/mol. The van der Waals surface area contributed by atoms with Crippen molar-refractivity contribution in [1.82, 2.24) is 4.90 Å². The van der Waals surface area contributed by atoms with Crippen LogP contribution in [-0.2, 0) is 4.74 Å². The molecule has 0 N–H and O–H groups in total. The van der Waals surface area contributed by atoms with E-state index in [0.717, 1.165) is 18.4 Å². The molecule has 1 atom stereocenters. The van der Waals surface area contributed by atoms with E-state index in [4.69, 9.17) is 4.74 Å². The standard InChI is InChI=1S/C11H23NO/c1-10(6-9-13-3)11-4-7-12(2)8-5-11/h10-11H,4-9H2,1-3H3. The number of hydrogen-bond acceptors (Lipinski definition) is 2. The number of likely N-dealkylation sites (tertiary alicyclic amines) is 1. The van der Waals surface area contributed by atoms with E-state index >= 15 is 0 Å². The van der Waals surface area contributed by atoms with Crippen molar-refractivity contribution in [3.63, 3.8) is 0 Å². The third-order valence-corrected chi connectivity index (χ3v) is 3.35. The smallest absolute Gasteiger partial charge is 0.0464 e. The summed E-state index contributed by atoms with van der Waals surface area (Å²) in [6.45, 7) is 5.85. The van der Waals surface area contributed by atoms with Gasteiger partial charge in [0.1, 0.15) is 0 Å². The van der Waals surface area contributed by atoms with Crippen molar-refractivity contribution in [2.75, 3.05) is 33.9 Å². The fraction of sp³-hybridized carbons (Fsp3) is 1.00. The van der Waals surface area contributed by atoms with Gasteiger partial charge < -0.3 is 9.64 Å². The molecule has 2 nitrogen and oxygen atoms in total. The molecule has 0 aromatic heterocycles. The van der Waals surface area contributed by atoms with Crippen LogP contribution in [0.4, 0.5) is 0 Å². The summed E-state index contributed by atoms with van der Waals surface area (Å²) < 4.78 is 5.11. The predicted octanol–water partition coefficient (Wildman–Crippen LogP) is 2.00. The maximum atomic E-state index is 5.11. The first kappa shape index (κ1) is 11.0. The molecule has 1 heterocycles. The van der Waals surface area contributed by atoms with Gasteiger partial charge in [-0.2, -0.15) is 0 Å². The zero-order valence-corrected chi connectivity index (χ0v) is 9.25. The number of hydrogen-bond donors (Lipinski definition) is 0. The molecule has 1 aliphatic heterocycles. The van der Waals surface area contributed by atoms with E-state index in [9.17, 15) is 0 Å². The third kappa shape index (κ3) is 3.65. The van der Waals surface area contributed by atoms with Crippen molar-refractivity contribution in [3.05, 3.63) is 0 Å². The lowest BCUT2D eigenvalue weighted by Crippen LogP contribution is -2.32. The summed E-state index contributed by atoms with van der Waals surface area (Å²) in [5.74, 6) is 1.78. The molecule has 0 saturated carbocycles. The Bertz CT molecular complexity index is 130. The van der Waals surface area contributed by atoms with Crippen molar-refractivity contribution >= 4 is 0 Å². The topological polar surface area (TPSA) is 12.5 Å². The van der Waals surface area contributed by atoms with Crippen LogP contribution >= 0.6 is 0 Å². The van der Waals surface area contributed by atoms with Crippen LogP contribution in [0.25, 0.3) is 0 Å². The predicted molar refractivity (Wildman–Crippen MR) is 55.9 cm³/mol. The summed E-state index contributed by atoms with van der Waals surface area (Å²) in [4.78, 5) is 2.43. The number of methoxy groups -OCH3 is 1. The SMILES string of the molecule is COCCC(C)C1CCN(C)CC1. The summed E-state index contributed by atoms with van der Waals surface area (Å²) in [6.07, 6.45) is 3.98. The number of ether oxygens (including phenoxy) is 1. The van der Waals surface area contributed by atoms with Crippen molar-refractivity contribution in [2.24, 2.45) is 11.8 Å². The molecule has 1 unspecified atom stereocenters. The van der Waals surface area contributed by atoms with Crippen LogP contribution in [-0.4, -0.2) is 38.8 Å². The highest BCUT2D eigenvalue weighted by Gasteiger charge is 2.21. The molecular weight excluding hydrogens is 162 g/mol. The Morgan fingerprint density at radius 1 is 1.38 bits per heavy atom. The van der Waals surface area contributed by atoms with E-state index in [1.165, 1.54) is 32.4 Å². The van der Waals surface area contributed by atoms with E-state index in [0.29, 0.717) is 0 Å². The van der Waals surface area contributed by atoms with E-state index < -0.39 is 0 Å². The molecule has 0 aromatic rings. The lowest BCUT2D eigenvalue weighted by molar-refractivity contribution is 0.133. The van der Waals surface area contributed by atoms with Gasteiger partial charge >= 0.3 is 0 Å². The summed E-state index contributed by atoms with van der Waals surface area (Å²) in [7, 11) is 4.01. The lowest BCUT2D eigenvalue weighted by Gasteiger charge is -2.32. The maximum absolute atomic E-state index is 5.11. The van der Waals surface area contributed by atoms with Gasteiger partial charge in [-0.3, -0.25) is 0 Å². The van der Waals surface area contributed by atoms with Gasteiger partial charge in [-0.05, 0) is 51.2 Å². The normalized spacial score (nSPS) is 23.3. The minimum Gasteiger partial charge on any atom is -0.385 e. The van der Waals surface area contributed by atoms with Crippen LogP contribution in [0.2, 0.25) is 0 Å². The molecule has 2 heteroatoms. The van der Waals surface area contributed by atoms with Gasteiger partial charge in [0, 0.05) is 13.7 Å². The van der Waals surface area contributed by atoms with Gasteiger partial charge in [0.15, 0.2) is 0 Å². The van der Waals surface area contributed by atoms with Crippen LogP contribution in [0.3, 0.4) is 0 Å². The summed E-state index contributed by atoms with van der Waals surface area (Å²) in [6, 6.07) is 0. The van der Waals surface area contributed by atoms with Gasteiger partial charge in [-0.1, -0.05) is 6.92 Å². The molecule has 0 bridgehead atoms. The highest BCUT2D eigenvalue weighted by molar-refractivity contribution is 4.74. The Labute approximate surface area is 82.3 Å². The molecular formula is C11H23NO. The number of rotatable bonds is 4. The minimum absolute atomic E-state index is 0.841. The molecule has 1 aliphatic rings. The number of nitrogens with zero attached hydrogens (tertiary/aromatic N) is 1. The Morgan fingerprint density at radius 2 is 2.00 bits per heavy atom. The Morgan fingerprint density at radius 3 is 2.54 bits per heavy atom. The molecule has 0 amide bonds. The van der Waals surface area contributed by atoms with E-state index in [2.05, 4.69) is 18.9 Å². The van der Waals surface area contributed by atoms with Gasteiger partial charge in [0.05, 0.1) is 0 Å². The van der Waals surface area contributed by atoms with E-state index in [1.54, 1.807) is 7.11 Å². The first-order chi connectivity index (χ1) is 6.24. The third-order valence-electron chi connectivity index (χ3n) is 3.35. The second-order valence-corrected chi connectivity index (χ2v) is 4.40. The Hall–Kier alpha value is -0.0800. The Kier molecular flexibility index (Phi) is 4.74. The molecule has 1 fully saturated rings. The average Bonchev–Trinajstić information content (AvgIpc) is 2.15. The van der Waals surface area contributed by atoms with Crippen molar-refractivity contribution in [2.45, 2.75) is 26.2 Å². The zero-order chi connectivity index (χ0) is 9.68. The van der Waals surface area contributed by atoms with Crippen LogP contribution in [0.15, 0.2) is 0 Å². The molecule has 13 heavy (non-hydrogen) atoms. The van der Waals surface area contributed by atoms with E-state index in [1.807, 2.05) is 0 Å². The van der Waals surface area contributed by atoms with Crippen molar-refractivity contribution in [1.29, 1.82) is 0 Å². The molecule has 0 aromatic carbocycles. The van der Waals surface area contributed by atoms with Gasteiger partial charge in [0.2, 0.25) is 0 Å². The van der Waals surface area contributed by atoms with Gasteiger partial charge in [0.25, 0.3) is 0 Å². The maximum Gasteiger partial charge on any atom is 0.0464 e. The summed E-state index contributed by atoms with van der Waals surface area (Å²) >= 11 is 0. The lowest BCUT2D eigenvalue weighted by atomic mass is 9.84. The molecule has 1 rings (SSSR count). The second kappa shape index (κ2) is 5.61. The monoisotopic (exact) mass is 185 g/mol. The summed E-state index contributed by atoms with van der Waals surface area (Å²) in [5.41, 5.74) is 0. The molecule has 78 valence electrons. The van der Waals surface area contributed by atoms with Crippen molar-refractivity contribution in [3.8, 4) is 0 Å². The fourth-order valence-corrected chi connectivity index (χ4v) is 2.14. The molecule has 0 aliphatic carbocycles.